The summed E-state index contributed by atoms with van der Waals surface area (Å²) < 4.78 is 2.77. The van der Waals surface area contributed by atoms with Gasteiger partial charge in [0, 0.05) is 29.4 Å². The summed E-state index contributed by atoms with van der Waals surface area (Å²) in [7, 11) is 0. The minimum atomic E-state index is 1.13. The van der Waals surface area contributed by atoms with Gasteiger partial charge in [0.1, 0.15) is 0 Å². The molecule has 2 heterocycles. The molecule has 25 heavy (non-hydrogen) atoms. The van der Waals surface area contributed by atoms with E-state index in [9.17, 15) is 0 Å². The predicted octanol–water partition coefficient (Wildman–Crippen LogP) is 6.35. The van der Waals surface area contributed by atoms with E-state index >= 15 is 0 Å². The van der Waals surface area contributed by atoms with Gasteiger partial charge < -0.3 is 4.90 Å². The number of hydrogen-bond acceptors (Lipinski definition) is 3. The molecule has 2 aromatic heterocycles. The summed E-state index contributed by atoms with van der Waals surface area (Å²) in [5.74, 6) is 0. The van der Waals surface area contributed by atoms with Crippen LogP contribution in [0.1, 0.15) is 15.3 Å². The van der Waals surface area contributed by atoms with E-state index in [1.807, 2.05) is 22.7 Å². The first-order chi connectivity index (χ1) is 12.2. The van der Waals surface area contributed by atoms with Crippen molar-refractivity contribution >= 4 is 67.9 Å². The first-order valence-electron chi connectivity index (χ1n) is 8.44. The fourth-order valence-corrected chi connectivity index (χ4v) is 6.26. The van der Waals surface area contributed by atoms with Gasteiger partial charge in [0.2, 0.25) is 0 Å². The normalized spacial score (nSPS) is 11.3. The molecule has 132 valence electrons. The summed E-state index contributed by atoms with van der Waals surface area (Å²) in [6.45, 7) is 3.42. The Morgan fingerprint density at radius 2 is 1.16 bits per heavy atom. The lowest BCUT2D eigenvalue weighted by Crippen LogP contribution is -2.30. The molecule has 1 aromatic carbocycles. The quantitative estimate of drug-likeness (QED) is 0.262. The molecule has 0 aliphatic carbocycles. The van der Waals surface area contributed by atoms with Crippen molar-refractivity contribution in [2.75, 3.05) is 19.6 Å². The first kappa shape index (κ1) is 19.8. The Kier molecular flexibility index (Phi) is 8.23. The van der Waals surface area contributed by atoms with Gasteiger partial charge in [-0.2, -0.15) is 0 Å². The molecule has 5 heteroatoms. The van der Waals surface area contributed by atoms with E-state index in [-0.39, 0.29) is 0 Å². The number of hydrogen-bond donors (Lipinski definition) is 0. The van der Waals surface area contributed by atoms with Gasteiger partial charge in [0.25, 0.3) is 0 Å². The number of thiophene rings is 2. The third-order valence-corrected chi connectivity index (χ3v) is 8.07. The molecule has 0 radical (unpaired) electrons. The van der Waals surface area contributed by atoms with Crippen molar-refractivity contribution in [1.29, 1.82) is 0 Å². The summed E-state index contributed by atoms with van der Waals surface area (Å²) in [6, 6.07) is 19.9. The maximum Gasteiger partial charge on any atom is 0.0656 e. The maximum atomic E-state index is 2.63. The van der Waals surface area contributed by atoms with Crippen LogP contribution in [0.4, 0.5) is 0 Å². The van der Waals surface area contributed by atoms with Crippen molar-refractivity contribution < 1.29 is 0 Å². The van der Waals surface area contributed by atoms with E-state index in [1.54, 1.807) is 0 Å². The van der Waals surface area contributed by atoms with Gasteiger partial charge in [-0.1, -0.05) is 30.3 Å². The Labute approximate surface area is 185 Å². The third kappa shape index (κ3) is 6.93. The molecule has 0 N–H and O–H groups in total. The second-order valence-electron chi connectivity index (χ2n) is 5.99. The summed E-state index contributed by atoms with van der Waals surface area (Å²) in [5.41, 5.74) is 1.43. The Morgan fingerprint density at radius 1 is 0.640 bits per heavy atom. The summed E-state index contributed by atoms with van der Waals surface area (Å²) in [4.78, 5) is 5.63. The van der Waals surface area contributed by atoms with Crippen molar-refractivity contribution in [3.05, 3.63) is 75.7 Å². The second kappa shape index (κ2) is 10.4. The van der Waals surface area contributed by atoms with Gasteiger partial charge in [-0.3, -0.25) is 0 Å². The highest BCUT2D eigenvalue weighted by Gasteiger charge is 2.08. The molecule has 0 aliphatic rings. The van der Waals surface area contributed by atoms with Crippen LogP contribution in [-0.4, -0.2) is 24.5 Å². The molecule has 0 unspecified atom stereocenters. The number of benzene rings is 1. The summed E-state index contributed by atoms with van der Waals surface area (Å²) in [6.07, 6.45) is 3.44. The molecular formula is C20H21I2NS2. The van der Waals surface area contributed by atoms with Gasteiger partial charge >= 0.3 is 0 Å². The molecule has 0 atom stereocenters. The lowest BCUT2D eigenvalue weighted by atomic mass is 10.1. The first-order valence-corrected chi connectivity index (χ1v) is 12.2. The molecule has 3 aromatic rings. The van der Waals surface area contributed by atoms with Gasteiger partial charge in [-0.05, 0) is 94.3 Å². The van der Waals surface area contributed by atoms with E-state index in [2.05, 4.69) is 105 Å². The van der Waals surface area contributed by atoms with E-state index in [0.29, 0.717) is 0 Å². The van der Waals surface area contributed by atoms with Crippen molar-refractivity contribution in [2.45, 2.75) is 19.3 Å². The van der Waals surface area contributed by atoms with Gasteiger partial charge in [-0.15, -0.1) is 22.7 Å². The van der Waals surface area contributed by atoms with Crippen LogP contribution in [0, 0.1) is 5.77 Å². The zero-order valence-electron chi connectivity index (χ0n) is 14.0. The average Bonchev–Trinajstić information content (AvgIpc) is 3.23. The minimum Gasteiger partial charge on any atom is -0.302 e. The highest BCUT2D eigenvalue weighted by atomic mass is 127. The predicted molar refractivity (Wildman–Crippen MR) is 128 cm³/mol. The van der Waals surface area contributed by atoms with Crippen molar-refractivity contribution in [3.8, 4) is 0 Å². The lowest BCUT2D eigenvalue weighted by Gasteiger charge is -2.22. The number of halogens is 2. The van der Waals surface area contributed by atoms with Gasteiger partial charge in [0.05, 0.1) is 5.77 Å². The van der Waals surface area contributed by atoms with E-state index < -0.39 is 0 Å². The molecule has 0 bridgehead atoms. The van der Waals surface area contributed by atoms with Crippen molar-refractivity contribution in [1.82, 2.24) is 4.90 Å². The second-order valence-corrected chi connectivity index (χ2v) is 12.1. The smallest absolute Gasteiger partial charge is 0.0656 e. The third-order valence-electron chi connectivity index (χ3n) is 4.17. The van der Waals surface area contributed by atoms with Crippen LogP contribution in [0.3, 0.4) is 0 Å². The molecule has 0 spiro atoms. The fraction of sp³-hybridized carbons (Fsp3) is 0.300. The lowest BCUT2D eigenvalue weighted by molar-refractivity contribution is 0.285. The number of nitrogens with zero attached hydrogens (tertiary/aromatic N) is 1. The van der Waals surface area contributed by atoms with Crippen LogP contribution in [0.2, 0.25) is 0 Å². The fourth-order valence-electron chi connectivity index (χ4n) is 2.78. The molecule has 1 nitrogen and oxygen atoms in total. The van der Waals surface area contributed by atoms with Crippen LogP contribution in [-0.2, 0) is 19.3 Å². The van der Waals surface area contributed by atoms with E-state index in [1.165, 1.54) is 21.1 Å². The molecule has 3 rings (SSSR count). The van der Waals surface area contributed by atoms with Crippen molar-refractivity contribution in [2.24, 2.45) is 0 Å². The molecule has 0 saturated heterocycles. The summed E-state index contributed by atoms with van der Waals surface area (Å²) in [5, 5.41) is 0. The van der Waals surface area contributed by atoms with Crippen LogP contribution >= 0.6 is 67.9 Å². The Morgan fingerprint density at radius 3 is 1.64 bits per heavy atom. The van der Waals surface area contributed by atoms with Crippen LogP contribution < -0.4 is 0 Å². The zero-order chi connectivity index (χ0) is 17.5. The highest BCUT2D eigenvalue weighted by Crippen LogP contribution is 2.20. The topological polar surface area (TPSA) is 3.24 Å². The molecular weight excluding hydrogens is 572 g/mol. The van der Waals surface area contributed by atoms with Crippen LogP contribution in [0.15, 0.2) is 54.6 Å². The molecule has 0 fully saturated rings. The molecule has 0 aliphatic heterocycles. The zero-order valence-corrected chi connectivity index (χ0v) is 19.9. The van der Waals surface area contributed by atoms with Gasteiger partial charge in [0.15, 0.2) is 0 Å². The SMILES string of the molecule is Ic1ccc(CCN(CCc2ccccc2)CCc2ccc(I)s2)s1. The average molecular weight is 593 g/mol. The van der Waals surface area contributed by atoms with Gasteiger partial charge in [-0.25, -0.2) is 0 Å². The van der Waals surface area contributed by atoms with E-state index in [4.69, 9.17) is 0 Å². The largest absolute Gasteiger partial charge is 0.302 e. The minimum absolute atomic E-state index is 1.13. The molecule has 0 saturated carbocycles. The summed E-state index contributed by atoms with van der Waals surface area (Å²) >= 11 is 8.67. The Bertz CT molecular complexity index is 723. The van der Waals surface area contributed by atoms with Crippen molar-refractivity contribution in [3.63, 3.8) is 0 Å². The standard InChI is InChI=1S/C20H21I2NS2/c21-19-8-6-17(24-19)11-14-23(13-10-16-4-2-1-3-5-16)15-12-18-7-9-20(22)25-18/h1-9H,10-15H2. The Hall–Kier alpha value is 0.0400. The molecule has 0 amide bonds. The highest BCUT2D eigenvalue weighted by molar-refractivity contribution is 14.1. The van der Waals surface area contributed by atoms with Crippen LogP contribution in [0.5, 0.6) is 0 Å². The Balaban J connectivity index is 1.55. The van der Waals surface area contributed by atoms with E-state index in [0.717, 1.165) is 38.9 Å². The maximum absolute atomic E-state index is 2.63. The number of rotatable bonds is 9. The monoisotopic (exact) mass is 593 g/mol. The van der Waals surface area contributed by atoms with Crippen LogP contribution in [0.25, 0.3) is 0 Å².